The summed E-state index contributed by atoms with van der Waals surface area (Å²) in [4.78, 5) is 241. The third-order valence-corrected chi connectivity index (χ3v) is 28.7. The van der Waals surface area contributed by atoms with E-state index in [0.29, 0.717) is 69.8 Å². The molecule has 0 radical (unpaired) electrons. The van der Waals surface area contributed by atoms with E-state index in [-0.39, 0.29) is 192 Å². The van der Waals surface area contributed by atoms with Crippen molar-refractivity contribution in [2.45, 2.75) is 345 Å². The van der Waals surface area contributed by atoms with E-state index < -0.39 is 154 Å². The summed E-state index contributed by atoms with van der Waals surface area (Å²) < 4.78 is 35.4. The summed E-state index contributed by atoms with van der Waals surface area (Å²) in [5, 5.41) is 24.0. The number of epoxide rings is 2. The van der Waals surface area contributed by atoms with E-state index in [0.717, 1.165) is 22.3 Å². The number of methoxy groups -OCH3 is 2. The molecule has 806 valence electrons. The fraction of sp³-hybridized carbons (Fsp3) is 0.586. The number of cyclic esters (lactones) is 2. The molecule has 5 aliphatic heterocycles. The number of nitrogens with zero attached hydrogens (tertiary/aromatic N) is 1. The number of carbonyl (C=O) groups is 18. The lowest BCUT2D eigenvalue weighted by atomic mass is 9.83. The number of ether oxygens (including phenoxy) is 6. The number of esters is 2. The van der Waals surface area contributed by atoms with Gasteiger partial charge in [0.25, 0.3) is 11.8 Å². The van der Waals surface area contributed by atoms with Crippen LogP contribution in [0.1, 0.15) is 281 Å². The molecule has 147 heavy (non-hydrogen) atoms. The third-order valence-electron chi connectivity index (χ3n) is 28.1. The monoisotopic (exact) mass is 2080 g/mol. The van der Waals surface area contributed by atoms with Crippen molar-refractivity contribution in [3.05, 3.63) is 153 Å². The molecule has 5 heterocycles. The Hall–Kier alpha value is -11.9. The van der Waals surface area contributed by atoms with Crippen LogP contribution in [-0.4, -0.2) is 198 Å². The van der Waals surface area contributed by atoms with Crippen LogP contribution in [0.15, 0.2) is 109 Å². The normalized spacial score (nSPS) is 23.7. The van der Waals surface area contributed by atoms with Crippen LogP contribution >= 0.6 is 23.2 Å². The Bertz CT molecular complexity index is 5410. The zero-order valence-corrected chi connectivity index (χ0v) is 90.2. The lowest BCUT2D eigenvalue weighted by Gasteiger charge is -2.34. The number of imide groups is 1. The van der Waals surface area contributed by atoms with Gasteiger partial charge in [-0.25, -0.2) is 14.4 Å². The molecule has 8 N–H and O–H groups in total. The molecule has 5 aliphatic rings. The van der Waals surface area contributed by atoms with E-state index in [1.807, 2.05) is 104 Å². The van der Waals surface area contributed by atoms with E-state index in [2.05, 4.69) is 42.5 Å². The topological polar surface area (TPSA) is 478 Å². The molecule has 18 atom stereocenters. The molecule has 4 aromatic rings. The minimum absolute atomic E-state index is 0. The molecular formula is C111H153Cl2N9O25. The lowest BCUT2D eigenvalue weighted by Crippen LogP contribution is -2.58. The molecule has 9 rings (SSSR count). The van der Waals surface area contributed by atoms with Gasteiger partial charge in [0.2, 0.25) is 47.3 Å². The standard InChI is InChI=1S/C57H76ClN5O14.C54H75ClN4O11.H2/c1-31(2)27-43-55(72)75-45(14-12-15-47(66)61-42(29-37-20-24-46(74-10)41(58)28-37)54(71)60-35(7)57(8,9)56(73)62-43)33(5)51-52(76-51)38-21-17-36(18-22-38)19-23-44(65)34(6)59-53(70)40(32(3)4)30-39(64)13-11-16-50(69)77-63-48(67)25-26-49(63)68;1-30(2)26-43-52(66)69-45(16-13-17-47(63)58-42(28-37-21-25-46(68-11)41(55)27-37)51(65)57-35(8)54(9,10)53(67)59-43)33(6)48-49(70-48)38-22-18-36(19-23-38)20-24-44(62)34(7)56-50(64)40(31(3)4)29-39(61)15-12-14-32(5)60;/h12,15,17-18,20-22,24,28,31-35,40,42-43,45,51-52H,11,13-14,16,19,23,25-27,29-30H2,1-10H3,(H,59,70)(H,60,71)(H,61,66)(H,62,73);13,17-19,21-23,25,27,30-31,33-35,40,42-43,45,48-49H,12,14-16,20,24,26,28-29H2,1-11H3,(H,56,64)(H,57,65)(H,58,63)(H,59,67);1H/b15-12+;17-13+;/t33-,34-,35?,40-,42+,43-,45-,51+,52+;33-,34-,35?,40-,42+,43-,45-,48+,49+;/m00./s1. The number of hydrogen-bond donors (Lipinski definition) is 8. The van der Waals surface area contributed by atoms with E-state index in [9.17, 15) is 86.3 Å². The third kappa shape index (κ3) is 36.5. The number of halogens is 2. The number of aryl methyl sites for hydroxylation is 2. The van der Waals surface area contributed by atoms with Crippen LogP contribution in [-0.2, 0) is 136 Å². The lowest BCUT2D eigenvalue weighted by molar-refractivity contribution is -0.197. The summed E-state index contributed by atoms with van der Waals surface area (Å²) in [5.41, 5.74) is 2.47. The van der Waals surface area contributed by atoms with Crippen LogP contribution in [0.4, 0.5) is 0 Å². The highest BCUT2D eigenvalue weighted by molar-refractivity contribution is 6.32. The Morgan fingerprint density at radius 1 is 0.469 bits per heavy atom. The van der Waals surface area contributed by atoms with E-state index in [1.54, 1.807) is 118 Å². The van der Waals surface area contributed by atoms with Crippen LogP contribution in [0.2, 0.25) is 10.0 Å². The van der Waals surface area contributed by atoms with E-state index >= 15 is 0 Å². The zero-order valence-electron chi connectivity index (χ0n) is 88.6. The Morgan fingerprint density at radius 3 is 1.17 bits per heavy atom. The molecule has 2 unspecified atom stereocenters. The summed E-state index contributed by atoms with van der Waals surface area (Å²) in [6.07, 6.45) is 5.84. The van der Waals surface area contributed by atoms with Crippen molar-refractivity contribution in [3.63, 3.8) is 0 Å². The van der Waals surface area contributed by atoms with Gasteiger partial charge < -0.3 is 80.6 Å². The molecular weight excluding hydrogens is 1930 g/mol. The second-order valence-corrected chi connectivity index (χ2v) is 43.0. The fourth-order valence-corrected chi connectivity index (χ4v) is 18.1. The number of ketones is 5. The van der Waals surface area contributed by atoms with Crippen LogP contribution in [0.25, 0.3) is 0 Å². The van der Waals surface area contributed by atoms with Gasteiger partial charge >= 0.3 is 17.9 Å². The Kier molecular flexibility index (Phi) is 45.8. The minimum atomic E-state index is -1.21. The number of amides is 10. The maximum absolute atomic E-state index is 14.1. The average molecular weight is 2080 g/mol. The van der Waals surface area contributed by atoms with Crippen molar-refractivity contribution in [2.24, 2.45) is 58.2 Å². The predicted molar refractivity (Wildman–Crippen MR) is 552 cm³/mol. The summed E-state index contributed by atoms with van der Waals surface area (Å²) in [5.74, 6) is -9.18. The van der Waals surface area contributed by atoms with Gasteiger partial charge in [-0.3, -0.25) is 67.1 Å². The number of rotatable bonds is 43. The number of carbonyl (C=O) groups excluding carboxylic acids is 18. The second kappa shape index (κ2) is 55.9. The van der Waals surface area contributed by atoms with Gasteiger partial charge in [0.15, 0.2) is 11.6 Å². The second-order valence-electron chi connectivity index (χ2n) is 42.2. The number of hydrogen-bond acceptors (Lipinski definition) is 25. The van der Waals surface area contributed by atoms with Crippen LogP contribution in [0.5, 0.6) is 11.5 Å². The zero-order chi connectivity index (χ0) is 109. The molecule has 34 nitrogen and oxygen atoms in total. The van der Waals surface area contributed by atoms with E-state index in [1.165, 1.54) is 33.3 Å². The number of benzene rings is 4. The van der Waals surface area contributed by atoms with Crippen molar-refractivity contribution >= 4 is 129 Å². The minimum Gasteiger partial charge on any atom is -0.495 e. The number of nitrogens with one attached hydrogen (secondary N) is 8. The van der Waals surface area contributed by atoms with E-state index in [4.69, 9.17) is 56.5 Å². The summed E-state index contributed by atoms with van der Waals surface area (Å²) in [7, 11) is 2.99. The average Bonchev–Trinajstić information content (AvgIpc) is 1.63. The van der Waals surface area contributed by atoms with Gasteiger partial charge in [-0.2, -0.15) is 0 Å². The first-order valence-electron chi connectivity index (χ1n) is 51.2. The molecule has 0 aliphatic carbocycles. The fourth-order valence-electron chi connectivity index (χ4n) is 17.5. The number of Topliss-reactive ketones (excluding diaryl/α,β-unsaturated/α-hetero) is 5. The van der Waals surface area contributed by atoms with Crippen molar-refractivity contribution < 1.29 is 121 Å². The van der Waals surface area contributed by atoms with Gasteiger partial charge in [-0.05, 0) is 194 Å². The van der Waals surface area contributed by atoms with Crippen LogP contribution in [0, 0.1) is 58.2 Å². The smallest absolute Gasteiger partial charge is 0.333 e. The molecule has 3 saturated heterocycles. The van der Waals surface area contributed by atoms with Gasteiger partial charge in [0.05, 0.1) is 59.4 Å². The molecule has 36 heteroatoms. The highest BCUT2D eigenvalue weighted by Gasteiger charge is 2.51. The van der Waals surface area contributed by atoms with Crippen molar-refractivity contribution in [1.82, 2.24) is 47.6 Å². The van der Waals surface area contributed by atoms with Gasteiger partial charge in [-0.1, -0.05) is 165 Å². The van der Waals surface area contributed by atoms with Crippen molar-refractivity contribution in [2.75, 3.05) is 14.2 Å². The van der Waals surface area contributed by atoms with Gasteiger partial charge in [0, 0.05) is 127 Å². The van der Waals surface area contributed by atoms with Gasteiger partial charge in [-0.15, -0.1) is 5.06 Å². The SMILES string of the molecule is COc1ccc(C[C@H]2NC(=O)/C=C/C[C@@H]([C@H](C)[C@H]3O[C@@H]3c3ccc(CCC(=O)[C@H](C)NC(=O)[C@@H](CC(=O)CCCC(=O)ON4C(=O)CCC4=O)C(C)C)cc3)OC(=O)[C@H](CC(C)C)NC(=O)C(C)(C)C(C)NC2=O)cc1Cl.COc1ccc(C[C@H]2NC(=O)/C=C/C[C@@H]([C@H](C)[C@H]3O[C@@H]3c3ccc(CCC(=O)[C@H](C)NC(=O)[C@@H](CC(=O)CCCC(C)=O)C(C)C)cc3)OC(=O)[C@H](CC(C)C)NC(=O)C(C)(C)C(C)NC2=O)cc1Cl.[HH]. The maximum atomic E-state index is 14.1. The Labute approximate surface area is 874 Å². The summed E-state index contributed by atoms with van der Waals surface area (Å²) in [6, 6.07) is 18.4. The van der Waals surface area contributed by atoms with Crippen molar-refractivity contribution in [3.8, 4) is 11.5 Å². The van der Waals surface area contributed by atoms with Gasteiger partial charge in [0.1, 0.15) is 77.4 Å². The molecule has 0 saturated carbocycles. The number of hydroxylamine groups is 2. The summed E-state index contributed by atoms with van der Waals surface area (Å²) >= 11 is 12.8. The Balaban J connectivity index is 0.000000400. The largest absolute Gasteiger partial charge is 0.495 e. The first-order chi connectivity index (χ1) is 69.2. The molecule has 0 aromatic heterocycles. The first-order valence-corrected chi connectivity index (χ1v) is 51.9. The molecule has 0 spiro atoms. The highest BCUT2D eigenvalue weighted by Crippen LogP contribution is 2.47. The summed E-state index contributed by atoms with van der Waals surface area (Å²) in [6.45, 7) is 33.7. The van der Waals surface area contributed by atoms with Crippen LogP contribution < -0.4 is 52.0 Å². The maximum Gasteiger partial charge on any atom is 0.333 e. The first kappa shape index (κ1) is 120. The molecule has 3 fully saturated rings. The molecule has 4 aromatic carbocycles. The Morgan fingerprint density at radius 2 is 0.830 bits per heavy atom. The predicted octanol–water partition coefficient (Wildman–Crippen LogP) is 13.4. The highest BCUT2D eigenvalue weighted by atomic mass is 35.5. The molecule has 0 bridgehead atoms. The molecule has 10 amide bonds. The quantitative estimate of drug-likeness (QED) is 0.0116. The van der Waals surface area contributed by atoms with Crippen molar-refractivity contribution in [1.29, 1.82) is 0 Å². The van der Waals surface area contributed by atoms with Crippen LogP contribution in [0.3, 0.4) is 0 Å².